The number of nitrogens with one attached hydrogen (secondary N) is 1. The molecule has 0 spiro atoms. The minimum atomic E-state index is 0.118. The SMILES string of the molecule is Cc1ccc(-c2nnc3n2CCCCC3)cc1NC(=O)[C@@H]1C[C@H]2C=C[C@H]1C2. The number of allylic oxidation sites excluding steroid dienone is 2. The Morgan fingerprint density at radius 1 is 1.15 bits per heavy atom. The fourth-order valence-electron chi connectivity index (χ4n) is 4.90. The summed E-state index contributed by atoms with van der Waals surface area (Å²) in [7, 11) is 0. The van der Waals surface area contributed by atoms with Crippen molar-refractivity contribution < 1.29 is 4.79 Å². The Morgan fingerprint density at radius 2 is 2.07 bits per heavy atom. The van der Waals surface area contributed by atoms with Crippen LogP contribution in [0.2, 0.25) is 0 Å². The van der Waals surface area contributed by atoms with Crippen LogP contribution in [-0.4, -0.2) is 20.7 Å². The molecule has 1 aliphatic heterocycles. The van der Waals surface area contributed by atoms with Crippen molar-refractivity contribution >= 4 is 11.6 Å². The van der Waals surface area contributed by atoms with E-state index in [4.69, 9.17) is 0 Å². The Hall–Kier alpha value is -2.43. The Bertz CT molecular complexity index is 913. The van der Waals surface area contributed by atoms with Crippen LogP contribution in [0.5, 0.6) is 0 Å². The van der Waals surface area contributed by atoms with Crippen molar-refractivity contribution in [2.75, 3.05) is 5.32 Å². The first-order valence-corrected chi connectivity index (χ1v) is 10.2. The number of aromatic nitrogens is 3. The van der Waals surface area contributed by atoms with Gasteiger partial charge in [-0.3, -0.25) is 4.79 Å². The molecule has 5 heteroatoms. The lowest BCUT2D eigenvalue weighted by Crippen LogP contribution is -2.26. The Kier molecular flexibility index (Phi) is 4.10. The van der Waals surface area contributed by atoms with E-state index in [0.29, 0.717) is 11.8 Å². The minimum Gasteiger partial charge on any atom is -0.326 e. The third-order valence-corrected chi connectivity index (χ3v) is 6.48. The zero-order chi connectivity index (χ0) is 18.4. The molecule has 1 amide bonds. The molecule has 0 saturated heterocycles. The molecule has 5 rings (SSSR count). The van der Waals surface area contributed by atoms with Crippen molar-refractivity contribution in [2.24, 2.45) is 17.8 Å². The first-order valence-electron chi connectivity index (χ1n) is 10.2. The zero-order valence-electron chi connectivity index (χ0n) is 15.8. The second kappa shape index (κ2) is 6.63. The number of carbonyl (C=O) groups is 1. The summed E-state index contributed by atoms with van der Waals surface area (Å²) >= 11 is 0. The topological polar surface area (TPSA) is 59.8 Å². The third kappa shape index (κ3) is 2.99. The quantitative estimate of drug-likeness (QED) is 0.835. The van der Waals surface area contributed by atoms with Gasteiger partial charge in [0, 0.05) is 30.1 Å². The molecule has 3 aliphatic rings. The highest BCUT2D eigenvalue weighted by molar-refractivity contribution is 5.94. The van der Waals surface area contributed by atoms with Crippen molar-refractivity contribution in [1.82, 2.24) is 14.8 Å². The second-order valence-electron chi connectivity index (χ2n) is 8.31. The molecule has 2 bridgehead atoms. The predicted octanol–water partition coefficient (Wildman–Crippen LogP) is 4.13. The summed E-state index contributed by atoms with van der Waals surface area (Å²) in [6, 6.07) is 6.23. The van der Waals surface area contributed by atoms with Crippen LogP contribution in [0.1, 0.15) is 43.5 Å². The van der Waals surface area contributed by atoms with Crippen LogP contribution in [0.15, 0.2) is 30.4 Å². The molecular weight excluding hydrogens is 336 g/mol. The lowest BCUT2D eigenvalue weighted by molar-refractivity contribution is -0.120. The van der Waals surface area contributed by atoms with Gasteiger partial charge in [-0.1, -0.05) is 30.7 Å². The van der Waals surface area contributed by atoms with E-state index in [1.807, 2.05) is 6.92 Å². The van der Waals surface area contributed by atoms with Crippen molar-refractivity contribution in [3.05, 3.63) is 41.7 Å². The Labute approximate surface area is 159 Å². The van der Waals surface area contributed by atoms with Crippen molar-refractivity contribution in [1.29, 1.82) is 0 Å². The number of amides is 1. The van der Waals surface area contributed by atoms with Gasteiger partial charge in [0.15, 0.2) is 5.82 Å². The number of anilines is 1. The van der Waals surface area contributed by atoms with Crippen LogP contribution in [-0.2, 0) is 17.8 Å². The van der Waals surface area contributed by atoms with E-state index in [1.165, 1.54) is 19.3 Å². The Morgan fingerprint density at radius 3 is 2.89 bits per heavy atom. The molecule has 1 aromatic heterocycles. The lowest BCUT2D eigenvalue weighted by Gasteiger charge is -2.19. The molecule has 0 unspecified atom stereocenters. The number of hydrogen-bond donors (Lipinski definition) is 1. The molecule has 1 fully saturated rings. The molecule has 140 valence electrons. The molecule has 2 aromatic rings. The summed E-state index contributed by atoms with van der Waals surface area (Å²) in [4.78, 5) is 12.9. The zero-order valence-corrected chi connectivity index (χ0v) is 15.8. The first-order chi connectivity index (χ1) is 13.2. The van der Waals surface area contributed by atoms with Gasteiger partial charge in [0.05, 0.1) is 0 Å². The number of carbonyl (C=O) groups excluding carboxylic acids is 1. The third-order valence-electron chi connectivity index (χ3n) is 6.48. The number of benzene rings is 1. The number of fused-ring (bicyclic) bond motifs is 3. The van der Waals surface area contributed by atoms with E-state index in [-0.39, 0.29) is 11.8 Å². The van der Waals surface area contributed by atoms with Crippen LogP contribution in [0.4, 0.5) is 5.69 Å². The van der Waals surface area contributed by atoms with E-state index < -0.39 is 0 Å². The summed E-state index contributed by atoms with van der Waals surface area (Å²) in [6.07, 6.45) is 11.2. The van der Waals surface area contributed by atoms with Gasteiger partial charge in [0.2, 0.25) is 5.91 Å². The molecule has 1 aromatic carbocycles. The lowest BCUT2D eigenvalue weighted by atomic mass is 9.92. The van der Waals surface area contributed by atoms with Gasteiger partial charge in [0.25, 0.3) is 0 Å². The summed E-state index contributed by atoms with van der Waals surface area (Å²) in [6.45, 7) is 3.02. The molecule has 2 heterocycles. The number of hydrogen-bond acceptors (Lipinski definition) is 3. The van der Waals surface area contributed by atoms with Gasteiger partial charge in [-0.05, 0) is 56.1 Å². The van der Waals surface area contributed by atoms with Crippen molar-refractivity contribution in [2.45, 2.75) is 52.0 Å². The van der Waals surface area contributed by atoms with Gasteiger partial charge < -0.3 is 9.88 Å². The van der Waals surface area contributed by atoms with Crippen LogP contribution in [0.25, 0.3) is 11.4 Å². The van der Waals surface area contributed by atoms with Crippen LogP contribution >= 0.6 is 0 Å². The van der Waals surface area contributed by atoms with E-state index in [2.05, 4.69) is 50.4 Å². The normalized spacial score (nSPS) is 26.0. The monoisotopic (exact) mass is 362 g/mol. The van der Waals surface area contributed by atoms with Gasteiger partial charge in [0.1, 0.15) is 5.82 Å². The largest absolute Gasteiger partial charge is 0.326 e. The molecule has 5 nitrogen and oxygen atoms in total. The van der Waals surface area contributed by atoms with E-state index in [9.17, 15) is 4.79 Å². The first kappa shape index (κ1) is 16.7. The fraction of sp³-hybridized carbons (Fsp3) is 0.500. The summed E-state index contributed by atoms with van der Waals surface area (Å²) in [5.41, 5.74) is 3.01. The van der Waals surface area contributed by atoms with E-state index >= 15 is 0 Å². The molecule has 1 N–H and O–H groups in total. The molecule has 1 saturated carbocycles. The molecule has 3 atom stereocenters. The van der Waals surface area contributed by atoms with Crippen LogP contribution in [0, 0.1) is 24.7 Å². The fourth-order valence-corrected chi connectivity index (χ4v) is 4.90. The Balaban J connectivity index is 1.41. The van der Waals surface area contributed by atoms with Crippen molar-refractivity contribution in [3.8, 4) is 11.4 Å². The standard InChI is InChI=1S/C22H26N4O/c1-14-6-8-17(21-25-24-20-5-3-2-4-10-26(20)21)13-19(14)23-22(27)18-12-15-7-9-16(18)11-15/h6-9,13,15-16,18H,2-5,10-12H2,1H3,(H,23,27)/t15-,16-,18+/m0/s1. The second-order valence-corrected chi connectivity index (χ2v) is 8.31. The summed E-state index contributed by atoms with van der Waals surface area (Å²) in [5, 5.41) is 12.1. The maximum Gasteiger partial charge on any atom is 0.228 e. The average molecular weight is 362 g/mol. The molecule has 2 aliphatic carbocycles. The smallest absolute Gasteiger partial charge is 0.228 e. The summed E-state index contributed by atoms with van der Waals surface area (Å²) < 4.78 is 2.25. The predicted molar refractivity (Wildman–Crippen MR) is 105 cm³/mol. The van der Waals surface area contributed by atoms with Gasteiger partial charge in [-0.2, -0.15) is 0 Å². The highest BCUT2D eigenvalue weighted by Gasteiger charge is 2.39. The summed E-state index contributed by atoms with van der Waals surface area (Å²) in [5.74, 6) is 3.31. The number of rotatable bonds is 3. The van der Waals surface area contributed by atoms with Crippen LogP contribution in [0.3, 0.4) is 0 Å². The molecule has 0 radical (unpaired) electrons. The molecular formula is C22H26N4O. The van der Waals surface area contributed by atoms with Crippen LogP contribution < -0.4 is 5.32 Å². The number of nitrogens with zero attached hydrogens (tertiary/aromatic N) is 3. The van der Waals surface area contributed by atoms with Crippen molar-refractivity contribution in [3.63, 3.8) is 0 Å². The highest BCUT2D eigenvalue weighted by Crippen LogP contribution is 2.44. The maximum atomic E-state index is 12.9. The number of aryl methyl sites for hydroxylation is 2. The van der Waals surface area contributed by atoms with E-state index in [0.717, 1.165) is 54.3 Å². The molecule has 27 heavy (non-hydrogen) atoms. The van der Waals surface area contributed by atoms with Gasteiger partial charge in [-0.15, -0.1) is 10.2 Å². The maximum absolute atomic E-state index is 12.9. The average Bonchev–Trinajstić information content (AvgIpc) is 3.36. The highest BCUT2D eigenvalue weighted by atomic mass is 16.1. The van der Waals surface area contributed by atoms with Gasteiger partial charge >= 0.3 is 0 Å². The van der Waals surface area contributed by atoms with E-state index in [1.54, 1.807) is 0 Å². The minimum absolute atomic E-state index is 0.118. The van der Waals surface area contributed by atoms with Gasteiger partial charge in [-0.25, -0.2) is 0 Å².